The summed E-state index contributed by atoms with van der Waals surface area (Å²) in [6.07, 6.45) is 3.99. The standard InChI is InChI=1S/C16H26N2O3/c1-5-16(4)15(20)18(13(9(2)3)14(19)17-16)11-8-10-6-7-12(11)21-10/h9-13H,5-8H2,1-4H3,(H,17,19). The summed E-state index contributed by atoms with van der Waals surface area (Å²) in [6, 6.07) is -0.300. The number of amides is 2. The highest BCUT2D eigenvalue weighted by molar-refractivity contribution is 6.00. The van der Waals surface area contributed by atoms with Gasteiger partial charge in [0.2, 0.25) is 11.8 Å². The molecule has 5 heteroatoms. The number of ether oxygens (including phenoxy) is 1. The molecular weight excluding hydrogens is 268 g/mol. The second-order valence-electron chi connectivity index (χ2n) is 7.25. The summed E-state index contributed by atoms with van der Waals surface area (Å²) in [4.78, 5) is 27.5. The molecular formula is C16H26N2O3. The first kappa shape index (κ1) is 14.8. The van der Waals surface area contributed by atoms with Gasteiger partial charge in [0.15, 0.2) is 0 Å². The first-order valence-electron chi connectivity index (χ1n) is 8.17. The second-order valence-corrected chi connectivity index (χ2v) is 7.25. The van der Waals surface area contributed by atoms with Crippen molar-refractivity contribution in [1.29, 1.82) is 0 Å². The van der Waals surface area contributed by atoms with E-state index in [9.17, 15) is 9.59 Å². The molecule has 3 aliphatic rings. The van der Waals surface area contributed by atoms with Gasteiger partial charge in [0, 0.05) is 0 Å². The van der Waals surface area contributed by atoms with Crippen LogP contribution in [0, 0.1) is 5.92 Å². The van der Waals surface area contributed by atoms with E-state index in [-0.39, 0.29) is 42.0 Å². The first-order chi connectivity index (χ1) is 9.87. The Morgan fingerprint density at radius 2 is 2.10 bits per heavy atom. The SMILES string of the molecule is CCC1(C)NC(=O)C(C(C)C)N(C2CC3CCC2O3)C1=O. The zero-order valence-corrected chi connectivity index (χ0v) is 13.4. The molecule has 0 radical (unpaired) electrons. The van der Waals surface area contributed by atoms with Crippen LogP contribution in [0.15, 0.2) is 0 Å². The van der Waals surface area contributed by atoms with Gasteiger partial charge in [-0.25, -0.2) is 0 Å². The number of piperazine rings is 1. The quantitative estimate of drug-likeness (QED) is 0.857. The van der Waals surface area contributed by atoms with Crippen LogP contribution in [0.25, 0.3) is 0 Å². The molecule has 0 aromatic heterocycles. The molecule has 5 nitrogen and oxygen atoms in total. The molecule has 0 aromatic rings. The smallest absolute Gasteiger partial charge is 0.249 e. The number of nitrogens with zero attached hydrogens (tertiary/aromatic N) is 1. The number of fused-ring (bicyclic) bond motifs is 2. The number of hydrogen-bond donors (Lipinski definition) is 1. The van der Waals surface area contributed by atoms with Crippen molar-refractivity contribution in [2.24, 2.45) is 5.92 Å². The largest absolute Gasteiger partial charge is 0.373 e. The third-order valence-corrected chi connectivity index (χ3v) is 5.44. The van der Waals surface area contributed by atoms with Gasteiger partial charge < -0.3 is 15.0 Å². The van der Waals surface area contributed by atoms with Crippen LogP contribution >= 0.6 is 0 Å². The van der Waals surface area contributed by atoms with Crippen LogP contribution in [-0.4, -0.2) is 46.5 Å². The molecule has 3 aliphatic heterocycles. The van der Waals surface area contributed by atoms with Crippen LogP contribution in [0.5, 0.6) is 0 Å². The molecule has 3 heterocycles. The molecule has 3 fully saturated rings. The Balaban J connectivity index is 1.95. The fraction of sp³-hybridized carbons (Fsp3) is 0.875. The van der Waals surface area contributed by atoms with Crippen molar-refractivity contribution >= 4 is 11.8 Å². The van der Waals surface area contributed by atoms with Gasteiger partial charge in [-0.1, -0.05) is 20.8 Å². The Morgan fingerprint density at radius 3 is 2.57 bits per heavy atom. The number of carbonyl (C=O) groups excluding carboxylic acids is 2. The van der Waals surface area contributed by atoms with Crippen LogP contribution in [0.1, 0.15) is 53.4 Å². The Labute approximate surface area is 126 Å². The molecule has 0 aromatic carbocycles. The second kappa shape index (κ2) is 4.97. The minimum atomic E-state index is -0.774. The van der Waals surface area contributed by atoms with Crippen molar-refractivity contribution in [2.45, 2.75) is 83.2 Å². The lowest BCUT2D eigenvalue weighted by Gasteiger charge is -2.49. The normalized spacial score (nSPS) is 42.8. The van der Waals surface area contributed by atoms with Crippen LogP contribution in [-0.2, 0) is 14.3 Å². The third kappa shape index (κ3) is 2.17. The summed E-state index contributed by atoms with van der Waals surface area (Å²) >= 11 is 0. The van der Waals surface area contributed by atoms with Crippen molar-refractivity contribution in [3.63, 3.8) is 0 Å². The molecule has 21 heavy (non-hydrogen) atoms. The predicted octanol–water partition coefficient (Wildman–Crippen LogP) is 1.46. The van der Waals surface area contributed by atoms with E-state index in [1.807, 2.05) is 32.6 Å². The molecule has 3 saturated heterocycles. The van der Waals surface area contributed by atoms with Crippen molar-refractivity contribution in [3.05, 3.63) is 0 Å². The third-order valence-electron chi connectivity index (χ3n) is 5.44. The molecule has 118 valence electrons. The Morgan fingerprint density at radius 1 is 1.38 bits per heavy atom. The lowest BCUT2D eigenvalue weighted by atomic mass is 9.84. The maximum atomic E-state index is 13.1. The molecule has 5 unspecified atom stereocenters. The molecule has 0 saturated carbocycles. The zero-order valence-electron chi connectivity index (χ0n) is 13.4. The highest BCUT2D eigenvalue weighted by atomic mass is 16.5. The van der Waals surface area contributed by atoms with E-state index >= 15 is 0 Å². The van der Waals surface area contributed by atoms with Gasteiger partial charge >= 0.3 is 0 Å². The first-order valence-corrected chi connectivity index (χ1v) is 8.17. The topological polar surface area (TPSA) is 58.6 Å². The van der Waals surface area contributed by atoms with E-state index in [0.717, 1.165) is 19.3 Å². The summed E-state index contributed by atoms with van der Waals surface area (Å²) in [5, 5.41) is 2.95. The molecule has 0 spiro atoms. The molecule has 2 amide bonds. The minimum absolute atomic E-state index is 0.0169. The average molecular weight is 294 g/mol. The van der Waals surface area contributed by atoms with Crippen LogP contribution in [0.3, 0.4) is 0 Å². The summed E-state index contributed by atoms with van der Waals surface area (Å²) in [5.74, 6) is 0.149. The van der Waals surface area contributed by atoms with Crippen molar-refractivity contribution in [3.8, 4) is 0 Å². The zero-order chi connectivity index (χ0) is 15.4. The van der Waals surface area contributed by atoms with Gasteiger partial charge in [-0.05, 0) is 38.5 Å². The van der Waals surface area contributed by atoms with Crippen molar-refractivity contribution in [1.82, 2.24) is 10.2 Å². The predicted molar refractivity (Wildman–Crippen MR) is 78.6 cm³/mol. The lowest BCUT2D eigenvalue weighted by Crippen LogP contribution is -2.72. The van der Waals surface area contributed by atoms with Gasteiger partial charge in [-0.2, -0.15) is 0 Å². The number of carbonyl (C=O) groups is 2. The summed E-state index contributed by atoms with van der Waals surface area (Å²) in [6.45, 7) is 7.80. The van der Waals surface area contributed by atoms with E-state index in [4.69, 9.17) is 4.74 Å². The molecule has 5 atom stereocenters. The lowest BCUT2D eigenvalue weighted by molar-refractivity contribution is -0.160. The van der Waals surface area contributed by atoms with E-state index in [0.29, 0.717) is 6.42 Å². The van der Waals surface area contributed by atoms with Gasteiger partial charge in [-0.15, -0.1) is 0 Å². The summed E-state index contributed by atoms with van der Waals surface area (Å²) in [5.41, 5.74) is -0.774. The minimum Gasteiger partial charge on any atom is -0.373 e. The summed E-state index contributed by atoms with van der Waals surface area (Å²) < 4.78 is 5.93. The summed E-state index contributed by atoms with van der Waals surface area (Å²) in [7, 11) is 0. The molecule has 0 aliphatic carbocycles. The van der Waals surface area contributed by atoms with Gasteiger partial charge in [0.25, 0.3) is 0 Å². The van der Waals surface area contributed by atoms with Crippen LogP contribution in [0.2, 0.25) is 0 Å². The van der Waals surface area contributed by atoms with Crippen molar-refractivity contribution in [2.75, 3.05) is 0 Å². The molecule has 2 bridgehead atoms. The van der Waals surface area contributed by atoms with Crippen molar-refractivity contribution < 1.29 is 14.3 Å². The monoisotopic (exact) mass is 294 g/mol. The van der Waals surface area contributed by atoms with E-state index in [1.165, 1.54) is 0 Å². The van der Waals surface area contributed by atoms with Gasteiger partial charge in [0.05, 0.1) is 18.2 Å². The fourth-order valence-corrected chi connectivity index (χ4v) is 4.06. The van der Waals surface area contributed by atoms with Crippen LogP contribution in [0.4, 0.5) is 0 Å². The van der Waals surface area contributed by atoms with Crippen LogP contribution < -0.4 is 5.32 Å². The Kier molecular flexibility index (Phi) is 3.51. The number of nitrogens with one attached hydrogen (secondary N) is 1. The Hall–Kier alpha value is -1.10. The highest BCUT2D eigenvalue weighted by Gasteiger charge is 2.55. The van der Waals surface area contributed by atoms with Gasteiger partial charge in [-0.3, -0.25) is 9.59 Å². The molecule has 3 rings (SSSR count). The molecule has 1 N–H and O–H groups in total. The van der Waals surface area contributed by atoms with E-state index in [2.05, 4.69) is 5.32 Å². The number of hydrogen-bond acceptors (Lipinski definition) is 3. The fourth-order valence-electron chi connectivity index (χ4n) is 4.06. The maximum Gasteiger partial charge on any atom is 0.249 e. The van der Waals surface area contributed by atoms with E-state index < -0.39 is 5.54 Å². The average Bonchev–Trinajstić information content (AvgIpc) is 3.04. The Bertz CT molecular complexity index is 464. The number of rotatable bonds is 3. The van der Waals surface area contributed by atoms with Gasteiger partial charge in [0.1, 0.15) is 11.6 Å². The maximum absolute atomic E-state index is 13.1. The highest BCUT2D eigenvalue weighted by Crippen LogP contribution is 2.40. The van der Waals surface area contributed by atoms with E-state index in [1.54, 1.807) is 0 Å².